The van der Waals surface area contributed by atoms with Gasteiger partial charge in [-0.05, 0) is 34.1 Å². The van der Waals surface area contributed by atoms with E-state index in [1.165, 1.54) is 9.88 Å². The molecule has 0 aromatic carbocycles. The molecule has 126 valence electrons. The molecule has 0 bridgehead atoms. The highest BCUT2D eigenvalue weighted by atomic mass is 32.1. The monoisotopic (exact) mass is 351 g/mol. The van der Waals surface area contributed by atoms with E-state index in [4.69, 9.17) is 0 Å². The predicted molar refractivity (Wildman–Crippen MR) is 99.6 cm³/mol. The molecule has 23 heavy (non-hydrogen) atoms. The van der Waals surface area contributed by atoms with Crippen LogP contribution in [0.15, 0.2) is 10.4 Å². The van der Waals surface area contributed by atoms with Gasteiger partial charge in [-0.2, -0.15) is 0 Å². The molecular weight excluding hydrogens is 326 g/mol. The summed E-state index contributed by atoms with van der Waals surface area (Å²) in [6.07, 6.45) is 2.06. The Balaban J connectivity index is 1.79. The summed E-state index contributed by atoms with van der Waals surface area (Å²) >= 11 is 3.46. The molecule has 2 N–H and O–H groups in total. The zero-order chi connectivity index (χ0) is 16.7. The van der Waals surface area contributed by atoms with E-state index in [-0.39, 0.29) is 0 Å². The van der Waals surface area contributed by atoms with Crippen molar-refractivity contribution >= 4 is 28.6 Å². The molecule has 2 aromatic heterocycles. The van der Waals surface area contributed by atoms with E-state index in [1.807, 2.05) is 13.8 Å². The maximum Gasteiger partial charge on any atom is 0.191 e. The summed E-state index contributed by atoms with van der Waals surface area (Å²) < 4.78 is 0. The van der Waals surface area contributed by atoms with E-state index in [9.17, 15) is 0 Å². The van der Waals surface area contributed by atoms with Crippen LogP contribution in [0, 0.1) is 20.8 Å². The first-order valence-electron chi connectivity index (χ1n) is 7.94. The molecule has 0 atom stereocenters. The van der Waals surface area contributed by atoms with Crippen LogP contribution in [0.4, 0.5) is 0 Å². The normalized spacial score (nSPS) is 11.7. The highest BCUT2D eigenvalue weighted by Gasteiger charge is 2.04. The third-order valence-electron chi connectivity index (χ3n) is 3.32. The van der Waals surface area contributed by atoms with E-state index < -0.39 is 0 Å². The number of guanidine groups is 1. The van der Waals surface area contributed by atoms with Crippen molar-refractivity contribution in [2.24, 2.45) is 4.99 Å². The molecule has 5 nitrogen and oxygen atoms in total. The fourth-order valence-electron chi connectivity index (χ4n) is 2.06. The maximum absolute atomic E-state index is 4.62. The van der Waals surface area contributed by atoms with Gasteiger partial charge in [0.25, 0.3) is 0 Å². The summed E-state index contributed by atoms with van der Waals surface area (Å²) in [5, 5.41) is 11.0. The molecule has 0 unspecified atom stereocenters. The minimum atomic E-state index is 0.625. The van der Waals surface area contributed by atoms with Gasteiger partial charge in [0.2, 0.25) is 0 Å². The van der Waals surface area contributed by atoms with Gasteiger partial charge in [0.05, 0.1) is 17.2 Å². The lowest BCUT2D eigenvalue weighted by atomic mass is 10.3. The number of aliphatic imine (C=N–C) groups is 1. The van der Waals surface area contributed by atoms with Crippen LogP contribution in [0.3, 0.4) is 0 Å². The van der Waals surface area contributed by atoms with Crippen LogP contribution in [0.2, 0.25) is 0 Å². The largest absolute Gasteiger partial charge is 0.357 e. The van der Waals surface area contributed by atoms with E-state index in [2.05, 4.69) is 44.8 Å². The minimum Gasteiger partial charge on any atom is -0.357 e. The lowest BCUT2D eigenvalue weighted by Crippen LogP contribution is -2.37. The van der Waals surface area contributed by atoms with Gasteiger partial charge < -0.3 is 10.6 Å². The van der Waals surface area contributed by atoms with Crippen molar-refractivity contribution in [3.05, 3.63) is 31.7 Å². The molecule has 7 heteroatoms. The third-order valence-corrected chi connectivity index (χ3v) is 5.40. The predicted octanol–water partition coefficient (Wildman–Crippen LogP) is 3.21. The van der Waals surface area contributed by atoms with Crippen LogP contribution >= 0.6 is 22.7 Å². The Morgan fingerprint density at radius 1 is 1.17 bits per heavy atom. The smallest absolute Gasteiger partial charge is 0.191 e. The van der Waals surface area contributed by atoms with Crippen molar-refractivity contribution in [3.8, 4) is 0 Å². The second-order valence-corrected chi connectivity index (χ2v) is 7.59. The summed E-state index contributed by atoms with van der Waals surface area (Å²) in [6, 6.07) is 0. The Bertz CT molecular complexity index is 625. The highest BCUT2D eigenvalue weighted by Crippen LogP contribution is 2.16. The molecule has 0 saturated heterocycles. The maximum atomic E-state index is 4.62. The molecule has 2 aromatic rings. The lowest BCUT2D eigenvalue weighted by Gasteiger charge is -2.10. The zero-order valence-electron chi connectivity index (χ0n) is 14.3. The second kappa shape index (κ2) is 8.98. The molecular formula is C16H25N5S2. The Morgan fingerprint density at radius 3 is 2.61 bits per heavy atom. The number of nitrogens with one attached hydrogen (secondary N) is 2. The van der Waals surface area contributed by atoms with Crippen LogP contribution < -0.4 is 10.6 Å². The fourth-order valence-corrected chi connectivity index (χ4v) is 3.74. The van der Waals surface area contributed by atoms with Crippen LogP contribution in [-0.2, 0) is 13.0 Å². The summed E-state index contributed by atoms with van der Waals surface area (Å²) in [6.45, 7) is 10.6. The molecule has 0 spiro atoms. The first kappa shape index (κ1) is 17.9. The van der Waals surface area contributed by atoms with Crippen molar-refractivity contribution < 1.29 is 0 Å². The van der Waals surface area contributed by atoms with Crippen molar-refractivity contribution in [1.82, 2.24) is 20.6 Å². The molecule has 0 saturated carbocycles. The van der Waals surface area contributed by atoms with Crippen LogP contribution in [0.5, 0.6) is 0 Å². The molecule has 0 amide bonds. The van der Waals surface area contributed by atoms with Crippen molar-refractivity contribution in [3.63, 3.8) is 0 Å². The number of rotatable bonds is 7. The van der Waals surface area contributed by atoms with Gasteiger partial charge in [-0.25, -0.2) is 15.0 Å². The summed E-state index contributed by atoms with van der Waals surface area (Å²) in [4.78, 5) is 14.9. The summed E-state index contributed by atoms with van der Waals surface area (Å²) in [5.41, 5.74) is 2.22. The van der Waals surface area contributed by atoms with Gasteiger partial charge in [-0.3, -0.25) is 0 Å². The first-order chi connectivity index (χ1) is 11.1. The standard InChI is InChI=1S/C16H25N5S2/c1-5-17-16(19-9-15-21-12(3)13(4)23-15)18-8-6-7-14-20-11(2)10-22-14/h10H,5-9H2,1-4H3,(H2,17,18,19). The SMILES string of the molecule is CCNC(=NCc1nc(C)c(C)s1)NCCCc1nc(C)cs1. The van der Waals surface area contributed by atoms with Gasteiger partial charge in [-0.1, -0.05) is 0 Å². The molecule has 2 heterocycles. The topological polar surface area (TPSA) is 62.2 Å². The average molecular weight is 352 g/mol. The van der Waals surface area contributed by atoms with Crippen molar-refractivity contribution in [2.75, 3.05) is 13.1 Å². The third kappa shape index (κ3) is 5.91. The molecule has 2 rings (SSSR count). The molecule has 0 aliphatic heterocycles. The van der Waals surface area contributed by atoms with Crippen molar-refractivity contribution in [1.29, 1.82) is 0 Å². The van der Waals surface area contributed by atoms with E-state index >= 15 is 0 Å². The molecule has 0 aliphatic rings. The Morgan fingerprint density at radius 2 is 2.00 bits per heavy atom. The number of aromatic nitrogens is 2. The Kier molecular flexibility index (Phi) is 6.98. The zero-order valence-corrected chi connectivity index (χ0v) is 15.9. The van der Waals surface area contributed by atoms with Crippen molar-refractivity contribution in [2.45, 2.75) is 47.1 Å². The number of thiazole rings is 2. The lowest BCUT2D eigenvalue weighted by molar-refractivity contribution is 0.740. The highest BCUT2D eigenvalue weighted by molar-refractivity contribution is 7.11. The first-order valence-corrected chi connectivity index (χ1v) is 9.64. The Labute approximate surface area is 146 Å². The van der Waals surface area contributed by atoms with E-state index in [0.717, 1.165) is 48.3 Å². The number of aryl methyl sites for hydroxylation is 4. The molecule has 0 fully saturated rings. The van der Waals surface area contributed by atoms with Gasteiger partial charge in [0, 0.05) is 35.5 Å². The quantitative estimate of drug-likeness (QED) is 0.457. The van der Waals surface area contributed by atoms with Crippen LogP contribution in [0.1, 0.15) is 39.6 Å². The summed E-state index contributed by atoms with van der Waals surface area (Å²) in [7, 11) is 0. The molecule has 0 aliphatic carbocycles. The number of nitrogens with zero attached hydrogens (tertiary/aromatic N) is 3. The Hall–Kier alpha value is -1.47. The fraction of sp³-hybridized carbons (Fsp3) is 0.562. The van der Waals surface area contributed by atoms with Crippen LogP contribution in [0.25, 0.3) is 0 Å². The minimum absolute atomic E-state index is 0.625. The molecule has 0 radical (unpaired) electrons. The summed E-state index contributed by atoms with van der Waals surface area (Å²) in [5.74, 6) is 0.855. The van der Waals surface area contributed by atoms with Gasteiger partial charge in [0.1, 0.15) is 5.01 Å². The average Bonchev–Trinajstić information content (AvgIpc) is 3.07. The van der Waals surface area contributed by atoms with Gasteiger partial charge >= 0.3 is 0 Å². The second-order valence-electron chi connectivity index (χ2n) is 5.36. The van der Waals surface area contributed by atoms with Crippen LogP contribution in [-0.4, -0.2) is 29.0 Å². The van der Waals surface area contributed by atoms with Gasteiger partial charge in [0.15, 0.2) is 5.96 Å². The van der Waals surface area contributed by atoms with E-state index in [1.54, 1.807) is 22.7 Å². The number of hydrogen-bond acceptors (Lipinski definition) is 5. The van der Waals surface area contributed by atoms with Gasteiger partial charge in [-0.15, -0.1) is 22.7 Å². The van der Waals surface area contributed by atoms with E-state index in [0.29, 0.717) is 6.54 Å². The number of hydrogen-bond donors (Lipinski definition) is 2.